The summed E-state index contributed by atoms with van der Waals surface area (Å²) in [7, 11) is -3.68. The van der Waals surface area contributed by atoms with Crippen molar-refractivity contribution >= 4 is 32.1 Å². The topological polar surface area (TPSA) is 71.8 Å². The van der Waals surface area contributed by atoms with Crippen LogP contribution in [-0.2, 0) is 16.6 Å². The van der Waals surface area contributed by atoms with Gasteiger partial charge in [-0.15, -0.1) is 0 Å². The smallest absolute Gasteiger partial charge is 0.265 e. The summed E-state index contributed by atoms with van der Waals surface area (Å²) in [6, 6.07) is 15.8. The average molecular weight is 377 g/mol. The highest BCUT2D eigenvalue weighted by atomic mass is 32.2. The van der Waals surface area contributed by atoms with Crippen molar-refractivity contribution in [2.24, 2.45) is 0 Å². The Morgan fingerprint density at radius 1 is 1.04 bits per heavy atom. The largest absolute Gasteiger partial charge is 0.269 e. The van der Waals surface area contributed by atoms with Crippen molar-refractivity contribution in [1.29, 1.82) is 0 Å². The van der Waals surface area contributed by atoms with Gasteiger partial charge in [0, 0.05) is 17.6 Å². The number of sulfonamides is 1. The molecule has 0 bridgehead atoms. The number of rotatable bonds is 2. The molecule has 5 rings (SSSR count). The Balaban J connectivity index is 1.67. The number of nitrogens with zero attached hydrogens (tertiary/aromatic N) is 3. The van der Waals surface area contributed by atoms with Gasteiger partial charge in [0.15, 0.2) is 0 Å². The van der Waals surface area contributed by atoms with Crippen LogP contribution in [-0.4, -0.2) is 17.8 Å². The first-order valence-electron chi connectivity index (χ1n) is 8.48. The van der Waals surface area contributed by atoms with Crippen LogP contribution in [0.4, 0.5) is 5.69 Å². The third-order valence-corrected chi connectivity index (χ3v) is 6.65. The maximum absolute atomic E-state index is 13.1. The third-order valence-electron chi connectivity index (χ3n) is 4.85. The van der Waals surface area contributed by atoms with Crippen LogP contribution >= 0.6 is 0 Å². The molecule has 0 spiro atoms. The van der Waals surface area contributed by atoms with Gasteiger partial charge in [-0.2, -0.15) is 0 Å². The highest BCUT2D eigenvalue weighted by Gasteiger charge is 2.35. The second kappa shape index (κ2) is 5.40. The minimum Gasteiger partial charge on any atom is -0.269 e. The molecule has 3 heterocycles. The van der Waals surface area contributed by atoms with Crippen molar-refractivity contribution in [3.63, 3.8) is 0 Å². The Morgan fingerprint density at radius 2 is 1.81 bits per heavy atom. The fourth-order valence-electron chi connectivity index (χ4n) is 3.61. The van der Waals surface area contributed by atoms with Crippen LogP contribution in [0.3, 0.4) is 0 Å². The van der Waals surface area contributed by atoms with Crippen molar-refractivity contribution in [3.8, 4) is 0 Å². The summed E-state index contributed by atoms with van der Waals surface area (Å²) >= 11 is 0. The fourth-order valence-corrected chi connectivity index (χ4v) is 5.30. The van der Waals surface area contributed by atoms with Crippen molar-refractivity contribution in [3.05, 3.63) is 82.4 Å². The van der Waals surface area contributed by atoms with Gasteiger partial charge in [0.1, 0.15) is 5.65 Å². The number of fused-ring (bicyclic) bond motifs is 1. The molecule has 0 unspecified atom stereocenters. The average Bonchev–Trinajstić information content (AvgIpc) is 2.86. The van der Waals surface area contributed by atoms with E-state index in [0.717, 1.165) is 10.9 Å². The van der Waals surface area contributed by atoms with Gasteiger partial charge in [0.2, 0.25) is 0 Å². The standard InChI is InChI=1S/C20H15N3O3S/c1-13-8-9-18-21-15(10-19(24)22(18)11-13)12-23-16-6-2-4-14-5-3-7-17(20(14)16)27(23,25)26/h2-11H,12H2,1H3. The number of hydrogen-bond acceptors (Lipinski definition) is 4. The Bertz CT molecular complexity index is 1400. The Kier molecular flexibility index (Phi) is 3.21. The van der Waals surface area contributed by atoms with Gasteiger partial charge in [-0.25, -0.2) is 13.4 Å². The first-order chi connectivity index (χ1) is 12.9. The van der Waals surface area contributed by atoms with Crippen molar-refractivity contribution in [2.75, 3.05) is 4.31 Å². The summed E-state index contributed by atoms with van der Waals surface area (Å²) in [6.07, 6.45) is 1.72. The Morgan fingerprint density at radius 3 is 2.63 bits per heavy atom. The second-order valence-electron chi connectivity index (χ2n) is 6.66. The summed E-state index contributed by atoms with van der Waals surface area (Å²) in [4.78, 5) is 17.2. The summed E-state index contributed by atoms with van der Waals surface area (Å²) in [5, 5.41) is 1.59. The highest BCUT2D eigenvalue weighted by molar-refractivity contribution is 7.93. The van der Waals surface area contributed by atoms with Gasteiger partial charge in [0.05, 0.1) is 22.8 Å². The van der Waals surface area contributed by atoms with E-state index in [1.807, 2.05) is 31.2 Å². The van der Waals surface area contributed by atoms with E-state index in [9.17, 15) is 13.2 Å². The van der Waals surface area contributed by atoms with Crippen LogP contribution in [0.2, 0.25) is 0 Å². The second-order valence-corrected chi connectivity index (χ2v) is 8.49. The van der Waals surface area contributed by atoms with E-state index in [2.05, 4.69) is 4.98 Å². The Labute approximate surface area is 155 Å². The molecular formula is C20H15N3O3S. The van der Waals surface area contributed by atoms with Crippen molar-refractivity contribution < 1.29 is 8.42 Å². The number of aromatic nitrogens is 2. The molecular weight excluding hydrogens is 362 g/mol. The molecule has 0 atom stereocenters. The predicted molar refractivity (Wildman–Crippen MR) is 104 cm³/mol. The predicted octanol–water partition coefficient (Wildman–Crippen LogP) is 2.87. The lowest BCUT2D eigenvalue weighted by Gasteiger charge is -2.18. The monoisotopic (exact) mass is 377 g/mol. The lowest BCUT2D eigenvalue weighted by atomic mass is 10.1. The first kappa shape index (κ1) is 16.0. The molecule has 0 saturated heterocycles. The quantitative estimate of drug-likeness (QED) is 0.539. The minimum absolute atomic E-state index is 0.00967. The zero-order chi connectivity index (χ0) is 18.8. The van der Waals surface area contributed by atoms with E-state index in [1.165, 1.54) is 14.8 Å². The maximum Gasteiger partial charge on any atom is 0.265 e. The van der Waals surface area contributed by atoms with E-state index in [-0.39, 0.29) is 12.1 Å². The molecule has 6 nitrogen and oxygen atoms in total. The summed E-state index contributed by atoms with van der Waals surface area (Å²) < 4.78 is 29.0. The molecule has 2 aromatic heterocycles. The first-order valence-corrected chi connectivity index (χ1v) is 9.92. The lowest BCUT2D eigenvalue weighted by Crippen LogP contribution is -2.28. The number of benzene rings is 2. The van der Waals surface area contributed by atoms with Crippen LogP contribution in [0.15, 0.2) is 70.5 Å². The number of aryl methyl sites for hydroxylation is 1. The molecule has 0 aliphatic carbocycles. The summed E-state index contributed by atoms with van der Waals surface area (Å²) in [5.41, 5.74) is 2.25. The van der Waals surface area contributed by atoms with Gasteiger partial charge in [-0.3, -0.25) is 13.5 Å². The molecule has 7 heteroatoms. The van der Waals surface area contributed by atoms with Gasteiger partial charge in [-0.1, -0.05) is 30.3 Å². The molecule has 134 valence electrons. The molecule has 1 aliphatic heterocycles. The van der Waals surface area contributed by atoms with E-state index in [0.29, 0.717) is 27.3 Å². The van der Waals surface area contributed by atoms with Gasteiger partial charge >= 0.3 is 0 Å². The zero-order valence-corrected chi connectivity index (χ0v) is 15.3. The van der Waals surface area contributed by atoms with Gasteiger partial charge < -0.3 is 0 Å². The van der Waals surface area contributed by atoms with Crippen LogP contribution < -0.4 is 9.86 Å². The molecule has 0 fully saturated rings. The minimum atomic E-state index is -3.68. The molecule has 2 aromatic carbocycles. The van der Waals surface area contributed by atoms with Crippen molar-refractivity contribution in [2.45, 2.75) is 18.4 Å². The zero-order valence-electron chi connectivity index (χ0n) is 14.5. The molecule has 0 amide bonds. The molecule has 27 heavy (non-hydrogen) atoms. The van der Waals surface area contributed by atoms with E-state index in [1.54, 1.807) is 30.5 Å². The lowest BCUT2D eigenvalue weighted by molar-refractivity contribution is 0.593. The van der Waals surface area contributed by atoms with Crippen LogP contribution in [0.5, 0.6) is 0 Å². The maximum atomic E-state index is 13.1. The molecule has 4 aromatic rings. The number of hydrogen-bond donors (Lipinski definition) is 0. The summed E-state index contributed by atoms with van der Waals surface area (Å²) in [5.74, 6) is 0. The van der Waals surface area contributed by atoms with Crippen molar-refractivity contribution in [1.82, 2.24) is 9.38 Å². The SMILES string of the molecule is Cc1ccc2nc(CN3c4cccc5cccc(c45)S3(=O)=O)cc(=O)n2c1. The third kappa shape index (κ3) is 2.28. The van der Waals surface area contributed by atoms with Crippen LogP contribution in [0.1, 0.15) is 11.3 Å². The molecule has 0 saturated carbocycles. The molecule has 1 aliphatic rings. The van der Waals surface area contributed by atoms with Gasteiger partial charge in [-0.05, 0) is 36.1 Å². The molecule has 0 radical (unpaired) electrons. The Hall–Kier alpha value is -3.19. The normalized spacial score (nSPS) is 14.9. The van der Waals surface area contributed by atoms with Crippen LogP contribution in [0, 0.1) is 6.92 Å². The molecule has 0 N–H and O–H groups in total. The van der Waals surface area contributed by atoms with E-state index >= 15 is 0 Å². The number of anilines is 1. The van der Waals surface area contributed by atoms with E-state index in [4.69, 9.17) is 0 Å². The number of pyridine rings is 1. The van der Waals surface area contributed by atoms with E-state index < -0.39 is 10.0 Å². The van der Waals surface area contributed by atoms with Crippen LogP contribution in [0.25, 0.3) is 16.4 Å². The fraction of sp³-hybridized carbons (Fsp3) is 0.100. The highest BCUT2D eigenvalue weighted by Crippen LogP contribution is 2.42. The summed E-state index contributed by atoms with van der Waals surface area (Å²) in [6.45, 7) is 1.91. The van der Waals surface area contributed by atoms with Gasteiger partial charge in [0.25, 0.3) is 15.6 Å².